The molecule has 0 amide bonds. The van der Waals surface area contributed by atoms with Crippen molar-refractivity contribution in [2.75, 3.05) is 13.7 Å². The zero-order valence-corrected chi connectivity index (χ0v) is 14.0. The van der Waals surface area contributed by atoms with Crippen molar-refractivity contribution in [1.29, 1.82) is 0 Å². The van der Waals surface area contributed by atoms with Gasteiger partial charge in [-0.3, -0.25) is 4.79 Å². The van der Waals surface area contributed by atoms with Crippen molar-refractivity contribution in [2.24, 2.45) is 0 Å². The molecule has 0 aliphatic heterocycles. The molecule has 0 atom stereocenters. The third-order valence-electron chi connectivity index (χ3n) is 3.84. The van der Waals surface area contributed by atoms with Gasteiger partial charge in [0.25, 0.3) is 5.56 Å². The lowest BCUT2D eigenvalue weighted by Crippen LogP contribution is -2.21. The summed E-state index contributed by atoms with van der Waals surface area (Å²) in [4.78, 5) is 16.4. The lowest BCUT2D eigenvalue weighted by Gasteiger charge is -2.05. The standard InChI is InChI=1S/C18H20N4O3/c1-25-15-7-5-14(6-8-15)12-16-19-17(22(20-16)10-11-23)13-21-9-3-2-4-18(21)24/h2-9,23H,10-13H2,1H3. The zero-order valence-electron chi connectivity index (χ0n) is 14.0. The molecule has 0 bridgehead atoms. The van der Waals surface area contributed by atoms with E-state index in [1.807, 2.05) is 24.3 Å². The summed E-state index contributed by atoms with van der Waals surface area (Å²) in [6.07, 6.45) is 2.28. The van der Waals surface area contributed by atoms with Crippen LogP contribution < -0.4 is 10.3 Å². The summed E-state index contributed by atoms with van der Waals surface area (Å²) >= 11 is 0. The van der Waals surface area contributed by atoms with Gasteiger partial charge in [-0.25, -0.2) is 9.67 Å². The monoisotopic (exact) mass is 340 g/mol. The van der Waals surface area contributed by atoms with E-state index in [2.05, 4.69) is 10.1 Å². The third kappa shape index (κ3) is 4.13. The number of hydrogen-bond donors (Lipinski definition) is 1. The molecule has 2 heterocycles. The highest BCUT2D eigenvalue weighted by molar-refractivity contribution is 5.28. The second-order valence-electron chi connectivity index (χ2n) is 5.58. The van der Waals surface area contributed by atoms with Crippen LogP contribution in [-0.2, 0) is 19.5 Å². The first-order chi connectivity index (χ1) is 12.2. The quantitative estimate of drug-likeness (QED) is 0.696. The second-order valence-corrected chi connectivity index (χ2v) is 5.58. The minimum absolute atomic E-state index is 0.0397. The van der Waals surface area contributed by atoms with Gasteiger partial charge in [0.15, 0.2) is 5.82 Å². The topological polar surface area (TPSA) is 82.2 Å². The number of ether oxygens (including phenoxy) is 1. The Bertz CT molecular complexity index is 884. The van der Waals surface area contributed by atoms with Gasteiger partial charge in [0.05, 0.1) is 26.8 Å². The molecule has 3 aromatic rings. The maximum atomic E-state index is 11.9. The molecule has 0 saturated heterocycles. The molecule has 0 spiro atoms. The van der Waals surface area contributed by atoms with Crippen LogP contribution >= 0.6 is 0 Å². The van der Waals surface area contributed by atoms with Crippen molar-refractivity contribution in [2.45, 2.75) is 19.5 Å². The Balaban J connectivity index is 1.83. The van der Waals surface area contributed by atoms with Gasteiger partial charge in [0.2, 0.25) is 0 Å². The van der Waals surface area contributed by atoms with E-state index in [1.165, 1.54) is 6.07 Å². The molecule has 0 fully saturated rings. The summed E-state index contributed by atoms with van der Waals surface area (Å²) in [5, 5.41) is 13.7. The number of aliphatic hydroxyl groups excluding tert-OH is 1. The molecule has 7 heteroatoms. The fourth-order valence-corrected chi connectivity index (χ4v) is 2.56. The number of benzene rings is 1. The van der Waals surface area contributed by atoms with Crippen molar-refractivity contribution in [3.63, 3.8) is 0 Å². The van der Waals surface area contributed by atoms with Crippen LogP contribution in [0.5, 0.6) is 5.75 Å². The first kappa shape index (κ1) is 16.9. The number of nitrogens with zero attached hydrogens (tertiary/aromatic N) is 4. The molecule has 3 rings (SSSR count). The minimum Gasteiger partial charge on any atom is -0.497 e. The first-order valence-corrected chi connectivity index (χ1v) is 8.01. The van der Waals surface area contributed by atoms with Gasteiger partial charge in [-0.1, -0.05) is 18.2 Å². The lowest BCUT2D eigenvalue weighted by molar-refractivity contribution is 0.266. The predicted octanol–water partition coefficient (Wildman–Crippen LogP) is 1.08. The molecule has 0 aliphatic rings. The Hall–Kier alpha value is -2.93. The van der Waals surface area contributed by atoms with Crippen LogP contribution in [0.4, 0.5) is 0 Å². The van der Waals surface area contributed by atoms with E-state index in [-0.39, 0.29) is 12.2 Å². The van der Waals surface area contributed by atoms with Crippen LogP contribution in [0, 0.1) is 0 Å². The van der Waals surface area contributed by atoms with Crippen molar-refractivity contribution >= 4 is 0 Å². The minimum atomic E-state index is -0.0993. The molecule has 25 heavy (non-hydrogen) atoms. The highest BCUT2D eigenvalue weighted by atomic mass is 16.5. The Morgan fingerprint density at radius 3 is 2.64 bits per heavy atom. The Morgan fingerprint density at radius 1 is 1.16 bits per heavy atom. The van der Waals surface area contributed by atoms with Crippen LogP contribution in [0.3, 0.4) is 0 Å². The average molecular weight is 340 g/mol. The Kier molecular flexibility index (Phi) is 5.25. The van der Waals surface area contributed by atoms with Gasteiger partial charge in [-0.05, 0) is 23.8 Å². The van der Waals surface area contributed by atoms with Crippen LogP contribution in [0.25, 0.3) is 0 Å². The van der Waals surface area contributed by atoms with E-state index in [1.54, 1.807) is 34.7 Å². The normalized spacial score (nSPS) is 10.8. The van der Waals surface area contributed by atoms with Crippen molar-refractivity contribution in [1.82, 2.24) is 19.3 Å². The summed E-state index contributed by atoms with van der Waals surface area (Å²) in [5.74, 6) is 2.09. The van der Waals surface area contributed by atoms with Gasteiger partial charge in [0, 0.05) is 18.7 Å². The molecular weight excluding hydrogens is 320 g/mol. The predicted molar refractivity (Wildman–Crippen MR) is 92.7 cm³/mol. The molecule has 0 unspecified atom stereocenters. The van der Waals surface area contributed by atoms with Crippen LogP contribution in [0.1, 0.15) is 17.2 Å². The van der Waals surface area contributed by atoms with Crippen LogP contribution in [-0.4, -0.2) is 38.2 Å². The third-order valence-corrected chi connectivity index (χ3v) is 3.84. The maximum Gasteiger partial charge on any atom is 0.250 e. The van der Waals surface area contributed by atoms with E-state index in [4.69, 9.17) is 4.74 Å². The molecule has 1 N–H and O–H groups in total. The van der Waals surface area contributed by atoms with Crippen LogP contribution in [0.2, 0.25) is 0 Å². The van der Waals surface area contributed by atoms with E-state index in [0.717, 1.165) is 11.3 Å². The van der Waals surface area contributed by atoms with Gasteiger partial charge in [-0.2, -0.15) is 5.10 Å². The van der Waals surface area contributed by atoms with Crippen molar-refractivity contribution in [3.8, 4) is 5.75 Å². The molecule has 2 aromatic heterocycles. The summed E-state index contributed by atoms with van der Waals surface area (Å²) in [7, 11) is 1.63. The number of rotatable bonds is 7. The number of methoxy groups -OCH3 is 1. The molecule has 130 valence electrons. The average Bonchev–Trinajstić information content (AvgIpc) is 2.99. The van der Waals surface area contributed by atoms with E-state index in [9.17, 15) is 9.90 Å². The second kappa shape index (κ2) is 7.76. The molecule has 7 nitrogen and oxygen atoms in total. The summed E-state index contributed by atoms with van der Waals surface area (Å²) in [6.45, 7) is 0.615. The van der Waals surface area contributed by atoms with Crippen LogP contribution in [0.15, 0.2) is 53.5 Å². The highest BCUT2D eigenvalue weighted by Crippen LogP contribution is 2.14. The number of hydrogen-bond acceptors (Lipinski definition) is 5. The SMILES string of the molecule is COc1ccc(Cc2nc(Cn3ccccc3=O)n(CCO)n2)cc1. The molecule has 0 radical (unpaired) electrons. The lowest BCUT2D eigenvalue weighted by atomic mass is 10.1. The van der Waals surface area contributed by atoms with Gasteiger partial charge < -0.3 is 14.4 Å². The van der Waals surface area contributed by atoms with E-state index < -0.39 is 0 Å². The smallest absolute Gasteiger partial charge is 0.250 e. The zero-order chi connectivity index (χ0) is 17.6. The van der Waals surface area contributed by atoms with Crippen molar-refractivity contribution in [3.05, 3.63) is 76.2 Å². The fraction of sp³-hybridized carbons (Fsp3) is 0.278. The van der Waals surface area contributed by atoms with E-state index in [0.29, 0.717) is 31.2 Å². The Labute approximate surface area is 145 Å². The number of pyridine rings is 1. The molecule has 0 saturated carbocycles. The first-order valence-electron chi connectivity index (χ1n) is 8.01. The molecular formula is C18H20N4O3. The van der Waals surface area contributed by atoms with Gasteiger partial charge in [0.1, 0.15) is 11.6 Å². The molecule has 1 aromatic carbocycles. The van der Waals surface area contributed by atoms with Crippen molar-refractivity contribution < 1.29 is 9.84 Å². The summed E-state index contributed by atoms with van der Waals surface area (Å²) < 4.78 is 8.37. The summed E-state index contributed by atoms with van der Waals surface area (Å²) in [5.41, 5.74) is 0.961. The number of aliphatic hydroxyl groups is 1. The maximum absolute atomic E-state index is 11.9. The van der Waals surface area contributed by atoms with Gasteiger partial charge in [-0.15, -0.1) is 0 Å². The molecule has 0 aliphatic carbocycles. The van der Waals surface area contributed by atoms with E-state index >= 15 is 0 Å². The summed E-state index contributed by atoms with van der Waals surface area (Å²) in [6, 6.07) is 12.7. The number of aromatic nitrogens is 4. The van der Waals surface area contributed by atoms with Gasteiger partial charge >= 0.3 is 0 Å². The Morgan fingerprint density at radius 2 is 1.96 bits per heavy atom. The largest absolute Gasteiger partial charge is 0.497 e. The fourth-order valence-electron chi connectivity index (χ4n) is 2.56. The highest BCUT2D eigenvalue weighted by Gasteiger charge is 2.11.